The van der Waals surface area contributed by atoms with E-state index in [1.807, 2.05) is 0 Å². The molecule has 1 saturated heterocycles. The van der Waals surface area contributed by atoms with Crippen LogP contribution in [0.15, 0.2) is 48.5 Å². The minimum absolute atomic E-state index is 0.000869. The molecule has 1 aliphatic heterocycles. The molecule has 36 heavy (non-hydrogen) atoms. The standard InChI is InChI=1S/C25H30N4O7/c26-19(12-15-3-7-17(30)8-4-15)24(34)29-11-1-2-21(29)23(33)27-14-22(32)28-20(25(35)36)13-16-5-9-18(31)10-6-16/h3-10,19-21,30-31H,1-2,11-14,26H2,(H,27,33)(H,28,32)(H,35,36). The number of benzene rings is 2. The summed E-state index contributed by atoms with van der Waals surface area (Å²) in [6, 6.07) is 9.42. The molecule has 0 aliphatic carbocycles. The highest BCUT2D eigenvalue weighted by atomic mass is 16.4. The largest absolute Gasteiger partial charge is 0.508 e. The summed E-state index contributed by atoms with van der Waals surface area (Å²) < 4.78 is 0. The van der Waals surface area contributed by atoms with Gasteiger partial charge in [-0.15, -0.1) is 0 Å². The summed E-state index contributed by atoms with van der Waals surface area (Å²) in [7, 11) is 0. The quantitative estimate of drug-likeness (QED) is 0.262. The average Bonchev–Trinajstić information content (AvgIpc) is 3.34. The third kappa shape index (κ3) is 7.19. The molecule has 3 unspecified atom stereocenters. The molecule has 192 valence electrons. The summed E-state index contributed by atoms with van der Waals surface area (Å²) >= 11 is 0. The number of aliphatic carboxylic acids is 1. The van der Waals surface area contributed by atoms with Crippen LogP contribution in [0.4, 0.5) is 0 Å². The van der Waals surface area contributed by atoms with Crippen molar-refractivity contribution < 1.29 is 34.5 Å². The lowest BCUT2D eigenvalue weighted by molar-refractivity contribution is -0.142. The van der Waals surface area contributed by atoms with Crippen molar-refractivity contribution in [3.63, 3.8) is 0 Å². The van der Waals surface area contributed by atoms with Crippen LogP contribution in [0.5, 0.6) is 11.5 Å². The number of phenolic OH excluding ortho intramolecular Hbond substituents is 2. The Morgan fingerprint density at radius 2 is 1.50 bits per heavy atom. The van der Waals surface area contributed by atoms with Crippen LogP contribution in [0.1, 0.15) is 24.0 Å². The molecule has 1 aliphatic rings. The van der Waals surface area contributed by atoms with Gasteiger partial charge in [-0.05, 0) is 54.7 Å². The number of aromatic hydroxyl groups is 2. The van der Waals surface area contributed by atoms with Gasteiger partial charge < -0.3 is 36.6 Å². The molecule has 0 saturated carbocycles. The van der Waals surface area contributed by atoms with E-state index in [2.05, 4.69) is 10.6 Å². The summed E-state index contributed by atoms with van der Waals surface area (Å²) in [6.45, 7) is -0.0869. The van der Waals surface area contributed by atoms with Crippen molar-refractivity contribution in [3.05, 3.63) is 59.7 Å². The fourth-order valence-corrected chi connectivity index (χ4v) is 4.09. The highest BCUT2D eigenvalue weighted by Crippen LogP contribution is 2.20. The molecule has 0 aromatic heterocycles. The number of amides is 3. The van der Waals surface area contributed by atoms with Crippen LogP contribution in [0.25, 0.3) is 0 Å². The van der Waals surface area contributed by atoms with Crippen molar-refractivity contribution >= 4 is 23.7 Å². The Labute approximate surface area is 207 Å². The number of carboxylic acid groups (broad SMARTS) is 1. The zero-order valence-electron chi connectivity index (χ0n) is 19.6. The van der Waals surface area contributed by atoms with Crippen molar-refractivity contribution in [1.82, 2.24) is 15.5 Å². The SMILES string of the molecule is NC(Cc1ccc(O)cc1)C(=O)N1CCCC1C(=O)NCC(=O)NC(Cc1ccc(O)cc1)C(=O)O. The zero-order valence-corrected chi connectivity index (χ0v) is 19.6. The summed E-state index contributed by atoms with van der Waals surface area (Å²) in [6.07, 6.45) is 1.27. The molecule has 7 N–H and O–H groups in total. The molecular formula is C25H30N4O7. The first-order valence-corrected chi connectivity index (χ1v) is 11.6. The third-order valence-electron chi connectivity index (χ3n) is 5.98. The van der Waals surface area contributed by atoms with Crippen molar-refractivity contribution in [1.29, 1.82) is 0 Å². The van der Waals surface area contributed by atoms with E-state index >= 15 is 0 Å². The van der Waals surface area contributed by atoms with Gasteiger partial charge in [0.2, 0.25) is 17.7 Å². The van der Waals surface area contributed by atoms with Crippen molar-refractivity contribution in [3.8, 4) is 11.5 Å². The summed E-state index contributed by atoms with van der Waals surface area (Å²) in [5.41, 5.74) is 7.46. The molecule has 1 fully saturated rings. The summed E-state index contributed by atoms with van der Waals surface area (Å²) in [5.74, 6) is -2.68. The van der Waals surface area contributed by atoms with Gasteiger partial charge in [-0.25, -0.2) is 4.79 Å². The maximum absolute atomic E-state index is 12.9. The number of phenols is 2. The lowest BCUT2D eigenvalue weighted by Crippen LogP contribution is -2.53. The minimum Gasteiger partial charge on any atom is -0.508 e. The number of rotatable bonds is 10. The van der Waals surface area contributed by atoms with E-state index in [0.717, 1.165) is 5.56 Å². The molecule has 11 heteroatoms. The first-order chi connectivity index (χ1) is 17.1. The Kier molecular flexibility index (Phi) is 8.85. The molecule has 11 nitrogen and oxygen atoms in total. The van der Waals surface area contributed by atoms with Gasteiger partial charge in [0.25, 0.3) is 0 Å². The van der Waals surface area contributed by atoms with Gasteiger partial charge in [-0.2, -0.15) is 0 Å². The maximum Gasteiger partial charge on any atom is 0.326 e. The number of nitrogens with one attached hydrogen (secondary N) is 2. The van der Waals surface area contributed by atoms with Crippen LogP contribution >= 0.6 is 0 Å². The number of carbonyl (C=O) groups excluding carboxylic acids is 3. The third-order valence-corrected chi connectivity index (χ3v) is 5.98. The van der Waals surface area contributed by atoms with E-state index in [9.17, 15) is 34.5 Å². The van der Waals surface area contributed by atoms with Crippen LogP contribution in [-0.4, -0.2) is 75.1 Å². The Balaban J connectivity index is 1.51. The fraction of sp³-hybridized carbons (Fsp3) is 0.360. The maximum atomic E-state index is 12.9. The number of carboxylic acids is 1. The predicted octanol–water partition coefficient (Wildman–Crippen LogP) is -0.113. The van der Waals surface area contributed by atoms with Gasteiger partial charge in [0.1, 0.15) is 23.6 Å². The Bertz CT molecular complexity index is 1090. The van der Waals surface area contributed by atoms with Gasteiger partial charge in [0.05, 0.1) is 12.6 Å². The normalized spacial score (nSPS) is 16.7. The van der Waals surface area contributed by atoms with Crippen molar-refractivity contribution in [2.45, 2.75) is 43.8 Å². The monoisotopic (exact) mass is 498 g/mol. The van der Waals surface area contributed by atoms with E-state index in [1.54, 1.807) is 24.3 Å². The first kappa shape index (κ1) is 26.5. The van der Waals surface area contributed by atoms with Gasteiger partial charge in [-0.1, -0.05) is 24.3 Å². The van der Waals surface area contributed by atoms with Gasteiger partial charge in [-0.3, -0.25) is 14.4 Å². The number of carbonyl (C=O) groups is 4. The molecule has 2 aromatic rings. The number of hydrogen-bond donors (Lipinski definition) is 6. The van der Waals surface area contributed by atoms with Gasteiger partial charge in [0.15, 0.2) is 0 Å². The van der Waals surface area contributed by atoms with Crippen molar-refractivity contribution in [2.75, 3.05) is 13.1 Å². The number of nitrogens with two attached hydrogens (primary N) is 1. The summed E-state index contributed by atoms with van der Waals surface area (Å²) in [5, 5.41) is 33.0. The topological polar surface area (TPSA) is 182 Å². The van der Waals surface area contributed by atoms with Gasteiger partial charge >= 0.3 is 5.97 Å². The molecule has 0 spiro atoms. The van der Waals surface area contributed by atoms with E-state index in [1.165, 1.54) is 29.2 Å². The Hall–Kier alpha value is -4.12. The van der Waals surface area contributed by atoms with Crippen LogP contribution in [0.2, 0.25) is 0 Å². The predicted molar refractivity (Wildman–Crippen MR) is 129 cm³/mol. The molecule has 3 atom stereocenters. The van der Waals surface area contributed by atoms with Crippen LogP contribution in [0.3, 0.4) is 0 Å². The highest BCUT2D eigenvalue weighted by molar-refractivity contribution is 5.93. The molecule has 2 aromatic carbocycles. The van der Waals surface area contributed by atoms with Crippen LogP contribution in [-0.2, 0) is 32.0 Å². The van der Waals surface area contributed by atoms with E-state index in [0.29, 0.717) is 24.9 Å². The van der Waals surface area contributed by atoms with E-state index in [4.69, 9.17) is 5.73 Å². The second-order valence-corrected chi connectivity index (χ2v) is 8.71. The number of hydrogen-bond acceptors (Lipinski definition) is 7. The first-order valence-electron chi connectivity index (χ1n) is 11.6. The lowest BCUT2D eigenvalue weighted by atomic mass is 10.0. The Morgan fingerprint density at radius 1 is 0.944 bits per heavy atom. The molecular weight excluding hydrogens is 468 g/mol. The van der Waals surface area contributed by atoms with E-state index in [-0.39, 0.29) is 30.2 Å². The second kappa shape index (κ2) is 12.0. The molecule has 0 bridgehead atoms. The zero-order chi connectivity index (χ0) is 26.2. The summed E-state index contributed by atoms with van der Waals surface area (Å²) in [4.78, 5) is 50.9. The highest BCUT2D eigenvalue weighted by Gasteiger charge is 2.36. The molecule has 0 radical (unpaired) electrons. The Morgan fingerprint density at radius 3 is 2.06 bits per heavy atom. The van der Waals surface area contributed by atoms with Crippen LogP contribution in [0, 0.1) is 0 Å². The molecule has 3 amide bonds. The van der Waals surface area contributed by atoms with Crippen molar-refractivity contribution in [2.24, 2.45) is 5.73 Å². The number of nitrogens with zero attached hydrogens (tertiary/aromatic N) is 1. The number of likely N-dealkylation sites (tertiary alicyclic amines) is 1. The van der Waals surface area contributed by atoms with Crippen LogP contribution < -0.4 is 16.4 Å². The minimum atomic E-state index is -1.24. The van der Waals surface area contributed by atoms with E-state index < -0.39 is 42.5 Å². The smallest absolute Gasteiger partial charge is 0.326 e. The lowest BCUT2D eigenvalue weighted by Gasteiger charge is -2.26. The second-order valence-electron chi connectivity index (χ2n) is 8.71. The fourth-order valence-electron chi connectivity index (χ4n) is 4.09. The molecule has 3 rings (SSSR count). The molecule has 1 heterocycles. The van der Waals surface area contributed by atoms with Gasteiger partial charge in [0, 0.05) is 13.0 Å². The average molecular weight is 499 g/mol.